The van der Waals surface area contributed by atoms with Gasteiger partial charge in [0.25, 0.3) is 0 Å². The van der Waals surface area contributed by atoms with E-state index in [-0.39, 0.29) is 18.8 Å². The van der Waals surface area contributed by atoms with Gasteiger partial charge in [0.15, 0.2) is 5.84 Å². The maximum Gasteiger partial charge on any atom is 0.233 e. The van der Waals surface area contributed by atoms with Crippen molar-refractivity contribution < 1.29 is 18.8 Å². The number of nitrogens with two attached hydrogens (primary N) is 1. The number of halogens is 2. The number of hydrogen-bond donors (Lipinski definition) is 3. The summed E-state index contributed by atoms with van der Waals surface area (Å²) in [4.78, 5) is 11.9. The predicted molar refractivity (Wildman–Crippen MR) is 70.3 cm³/mol. The molecule has 0 saturated heterocycles. The van der Waals surface area contributed by atoms with Gasteiger partial charge in [-0.25, -0.2) is 8.78 Å². The average molecular weight is 285 g/mol. The highest BCUT2D eigenvalue weighted by Crippen LogP contribution is 2.15. The summed E-state index contributed by atoms with van der Waals surface area (Å²) in [6, 6.07) is 3.18. The number of carbonyl (C=O) groups is 1. The Labute approximate surface area is 115 Å². The van der Waals surface area contributed by atoms with Gasteiger partial charge in [-0.1, -0.05) is 5.16 Å². The van der Waals surface area contributed by atoms with Gasteiger partial charge in [-0.15, -0.1) is 0 Å². The first kappa shape index (κ1) is 15.9. The molecular formula is C13H17F2N3O2. The first-order chi connectivity index (χ1) is 9.27. The van der Waals surface area contributed by atoms with Crippen molar-refractivity contribution in [1.29, 1.82) is 0 Å². The van der Waals surface area contributed by atoms with Gasteiger partial charge in [0.1, 0.15) is 17.0 Å². The third kappa shape index (κ3) is 3.91. The molecule has 20 heavy (non-hydrogen) atoms. The van der Waals surface area contributed by atoms with E-state index in [4.69, 9.17) is 10.9 Å². The van der Waals surface area contributed by atoms with Crippen LogP contribution in [0.15, 0.2) is 23.4 Å². The van der Waals surface area contributed by atoms with Crippen molar-refractivity contribution >= 4 is 11.7 Å². The molecule has 5 nitrogen and oxygen atoms in total. The maximum atomic E-state index is 13.0. The molecule has 0 heterocycles. The third-order valence-electron chi connectivity index (χ3n) is 2.94. The van der Waals surface area contributed by atoms with Crippen LogP contribution in [-0.2, 0) is 11.2 Å². The molecule has 1 amide bonds. The van der Waals surface area contributed by atoms with Crippen LogP contribution >= 0.6 is 0 Å². The zero-order chi connectivity index (χ0) is 15.3. The van der Waals surface area contributed by atoms with E-state index in [1.807, 2.05) is 0 Å². The topological polar surface area (TPSA) is 87.7 Å². The second-order valence-electron chi connectivity index (χ2n) is 4.89. The highest BCUT2D eigenvalue weighted by molar-refractivity contribution is 6.05. The van der Waals surface area contributed by atoms with E-state index in [1.54, 1.807) is 0 Å². The van der Waals surface area contributed by atoms with Gasteiger partial charge in [0.2, 0.25) is 5.91 Å². The lowest BCUT2D eigenvalue weighted by Gasteiger charge is -2.21. The van der Waals surface area contributed by atoms with E-state index in [9.17, 15) is 13.6 Å². The number of nitrogens with zero attached hydrogens (tertiary/aromatic N) is 1. The maximum absolute atomic E-state index is 13.0. The summed E-state index contributed by atoms with van der Waals surface area (Å²) in [5, 5.41) is 14.0. The van der Waals surface area contributed by atoms with Crippen molar-refractivity contribution in [3.05, 3.63) is 35.4 Å². The van der Waals surface area contributed by atoms with Crippen LogP contribution in [0.2, 0.25) is 0 Å². The Morgan fingerprint density at radius 2 is 1.90 bits per heavy atom. The standard InChI is InChI=1S/C13H17F2N3O2/c1-13(2,11(16)18-20)12(19)17-4-3-8-5-9(14)7-10(15)6-8/h5-7,20H,3-4H2,1-2H3,(H2,16,18)(H,17,19). The van der Waals surface area contributed by atoms with Crippen molar-refractivity contribution in [2.45, 2.75) is 20.3 Å². The molecule has 0 bridgehead atoms. The number of carbonyl (C=O) groups excluding carboxylic acids is 1. The van der Waals surface area contributed by atoms with Gasteiger partial charge < -0.3 is 16.3 Å². The molecular weight excluding hydrogens is 268 g/mol. The van der Waals surface area contributed by atoms with E-state index in [0.29, 0.717) is 5.56 Å². The third-order valence-corrected chi connectivity index (χ3v) is 2.94. The van der Waals surface area contributed by atoms with Gasteiger partial charge in [0, 0.05) is 12.6 Å². The summed E-state index contributed by atoms with van der Waals surface area (Å²) < 4.78 is 25.9. The largest absolute Gasteiger partial charge is 0.409 e. The average Bonchev–Trinajstić information content (AvgIpc) is 2.36. The summed E-state index contributed by atoms with van der Waals surface area (Å²) in [5.74, 6) is -1.98. The molecule has 0 aromatic heterocycles. The van der Waals surface area contributed by atoms with Gasteiger partial charge in [-0.3, -0.25) is 4.79 Å². The monoisotopic (exact) mass is 285 g/mol. The van der Waals surface area contributed by atoms with Crippen molar-refractivity contribution in [2.75, 3.05) is 6.54 Å². The Morgan fingerprint density at radius 1 is 1.35 bits per heavy atom. The molecule has 0 fully saturated rings. The Balaban J connectivity index is 2.58. The first-order valence-corrected chi connectivity index (χ1v) is 5.98. The SMILES string of the molecule is CC(C)(C(=O)NCCc1cc(F)cc(F)c1)C(N)=NO. The number of nitrogens with one attached hydrogen (secondary N) is 1. The van der Waals surface area contributed by atoms with Crippen LogP contribution in [0, 0.1) is 17.0 Å². The minimum absolute atomic E-state index is 0.184. The first-order valence-electron chi connectivity index (χ1n) is 5.98. The molecule has 4 N–H and O–H groups in total. The number of benzene rings is 1. The minimum Gasteiger partial charge on any atom is -0.409 e. The molecule has 0 radical (unpaired) electrons. The molecule has 1 aromatic carbocycles. The van der Waals surface area contributed by atoms with Crippen LogP contribution in [0.5, 0.6) is 0 Å². The van der Waals surface area contributed by atoms with E-state index < -0.39 is 23.0 Å². The molecule has 0 spiro atoms. The number of hydrogen-bond acceptors (Lipinski definition) is 3. The summed E-state index contributed by atoms with van der Waals surface area (Å²) in [6.45, 7) is 3.18. The number of amidine groups is 1. The van der Waals surface area contributed by atoms with E-state index in [1.165, 1.54) is 26.0 Å². The van der Waals surface area contributed by atoms with Crippen LogP contribution in [0.3, 0.4) is 0 Å². The van der Waals surface area contributed by atoms with Gasteiger partial charge in [-0.05, 0) is 38.0 Å². The van der Waals surface area contributed by atoms with Gasteiger partial charge >= 0.3 is 0 Å². The van der Waals surface area contributed by atoms with E-state index in [0.717, 1.165) is 6.07 Å². The lowest BCUT2D eigenvalue weighted by atomic mass is 9.91. The van der Waals surface area contributed by atoms with Gasteiger partial charge in [-0.2, -0.15) is 0 Å². The zero-order valence-electron chi connectivity index (χ0n) is 11.3. The number of oxime groups is 1. The van der Waals surface area contributed by atoms with E-state index >= 15 is 0 Å². The fourth-order valence-electron chi connectivity index (χ4n) is 1.54. The Hall–Kier alpha value is -2.18. The summed E-state index contributed by atoms with van der Waals surface area (Å²) in [5.41, 5.74) is 4.68. The van der Waals surface area contributed by atoms with Crippen LogP contribution in [0.4, 0.5) is 8.78 Å². The number of rotatable bonds is 5. The predicted octanol–water partition coefficient (Wildman–Crippen LogP) is 1.40. The quantitative estimate of drug-likeness (QED) is 0.331. The highest BCUT2D eigenvalue weighted by Gasteiger charge is 2.32. The van der Waals surface area contributed by atoms with Crippen LogP contribution in [-0.4, -0.2) is 23.5 Å². The summed E-state index contributed by atoms with van der Waals surface area (Å²) >= 11 is 0. The molecule has 110 valence electrons. The molecule has 0 saturated carbocycles. The van der Waals surface area contributed by atoms with E-state index in [2.05, 4.69) is 10.5 Å². The molecule has 0 aliphatic carbocycles. The Morgan fingerprint density at radius 3 is 2.40 bits per heavy atom. The molecule has 1 aromatic rings. The second-order valence-corrected chi connectivity index (χ2v) is 4.89. The lowest BCUT2D eigenvalue weighted by Crippen LogP contribution is -2.46. The van der Waals surface area contributed by atoms with Crippen molar-refractivity contribution in [3.8, 4) is 0 Å². The molecule has 0 unspecified atom stereocenters. The van der Waals surface area contributed by atoms with Crippen molar-refractivity contribution in [1.82, 2.24) is 5.32 Å². The molecule has 0 aliphatic heterocycles. The lowest BCUT2D eigenvalue weighted by molar-refractivity contribution is -0.126. The van der Waals surface area contributed by atoms with Crippen molar-refractivity contribution in [3.63, 3.8) is 0 Å². The summed E-state index contributed by atoms with van der Waals surface area (Å²) in [7, 11) is 0. The minimum atomic E-state index is -1.16. The molecule has 7 heteroatoms. The van der Waals surface area contributed by atoms with Crippen LogP contribution in [0.1, 0.15) is 19.4 Å². The molecule has 0 aliphatic rings. The van der Waals surface area contributed by atoms with Crippen LogP contribution < -0.4 is 11.1 Å². The fourth-order valence-corrected chi connectivity index (χ4v) is 1.54. The van der Waals surface area contributed by atoms with Gasteiger partial charge in [0.05, 0.1) is 0 Å². The molecule has 0 atom stereocenters. The summed E-state index contributed by atoms with van der Waals surface area (Å²) in [6.07, 6.45) is 0.271. The van der Waals surface area contributed by atoms with Crippen LogP contribution in [0.25, 0.3) is 0 Å². The Bertz CT molecular complexity index is 510. The number of amides is 1. The smallest absolute Gasteiger partial charge is 0.233 e. The normalized spacial score (nSPS) is 12.3. The second kappa shape index (κ2) is 6.31. The molecule has 1 rings (SSSR count). The van der Waals surface area contributed by atoms with Crippen molar-refractivity contribution in [2.24, 2.45) is 16.3 Å². The fraction of sp³-hybridized carbons (Fsp3) is 0.385. The Kier molecular flexibility index (Phi) is 5.01. The highest BCUT2D eigenvalue weighted by atomic mass is 19.1. The zero-order valence-corrected chi connectivity index (χ0v) is 11.3.